The van der Waals surface area contributed by atoms with Crippen molar-refractivity contribution in [3.8, 4) is 0 Å². The Bertz CT molecular complexity index is 1570. The average molecular weight is 735 g/mol. The van der Waals surface area contributed by atoms with Gasteiger partial charge in [-0.25, -0.2) is 0 Å². The zero-order valence-corrected chi connectivity index (χ0v) is 33.4. The largest absolute Gasteiger partial charge is 0.481 e. The van der Waals surface area contributed by atoms with E-state index in [-0.39, 0.29) is 57.6 Å². The second kappa shape index (κ2) is 14.6. The first-order chi connectivity index (χ1) is 24.8. The molecule has 0 aromatic heterocycles. The van der Waals surface area contributed by atoms with Crippen molar-refractivity contribution < 1.29 is 39.3 Å². The van der Waals surface area contributed by atoms with Crippen molar-refractivity contribution in [3.05, 3.63) is 23.3 Å². The number of hydrogen-bond donors (Lipinski definition) is 3. The van der Waals surface area contributed by atoms with E-state index in [1.807, 2.05) is 12.2 Å². The maximum Gasteiger partial charge on any atom is 0.300 e. The highest BCUT2D eigenvalue weighted by atomic mass is 16.4. The first-order valence-electron chi connectivity index (χ1n) is 20.8. The molecule has 0 aliphatic heterocycles. The van der Waals surface area contributed by atoms with Gasteiger partial charge in [0, 0.05) is 38.2 Å². The van der Waals surface area contributed by atoms with E-state index in [4.69, 9.17) is 9.90 Å². The molecule has 8 aliphatic rings. The van der Waals surface area contributed by atoms with Crippen LogP contribution in [-0.4, -0.2) is 57.1 Å². The number of hydrogen-bond acceptors (Lipinski definition) is 7. The van der Waals surface area contributed by atoms with Gasteiger partial charge in [0.05, 0.1) is 6.10 Å². The van der Waals surface area contributed by atoms with Gasteiger partial charge in [-0.05, 0) is 166 Å². The summed E-state index contributed by atoms with van der Waals surface area (Å²) in [5.74, 6) is 3.70. The first-order valence-corrected chi connectivity index (χ1v) is 20.8. The van der Waals surface area contributed by atoms with Crippen LogP contribution < -0.4 is 0 Å². The van der Waals surface area contributed by atoms with Gasteiger partial charge in [-0.15, -0.1) is 0 Å². The monoisotopic (exact) mass is 734 g/mol. The molecule has 0 spiro atoms. The number of aliphatic hydroxyl groups is 2. The standard InChI is InChI=1S/C22H32O3.C21H30O3.C2H4O2/c1-13(24)20-14(12-23)10-19-17-5-4-15-11-16(25)6-8-21(15,2)18(17)7-9-22(19,20)3;1-12(22)19-18(24)11-17-15-5-4-13-10-14(23)6-8-20(13,2)16(15)7-9-21(17,19)3;1-2(3)4/h11,14,17-20,23H,4-10,12H2,1-3H3;10,15-19,24H,4-9,11H2,1-3H3;1H3,(H,3,4)/t14?,17-,18+,19+,20+,21+,22+;15-,16+,17+,18?,19+,20+,21+;/m11./s1. The Balaban J connectivity index is 0.000000165. The van der Waals surface area contributed by atoms with Gasteiger partial charge >= 0.3 is 0 Å². The summed E-state index contributed by atoms with van der Waals surface area (Å²) in [6.45, 7) is 14.0. The van der Waals surface area contributed by atoms with E-state index in [1.54, 1.807) is 13.8 Å². The summed E-state index contributed by atoms with van der Waals surface area (Å²) < 4.78 is 0. The number of allylic oxidation sites excluding steroid dienone is 2. The van der Waals surface area contributed by atoms with Gasteiger partial charge in [-0.2, -0.15) is 0 Å². The van der Waals surface area contributed by atoms with E-state index >= 15 is 0 Å². The molecule has 6 fully saturated rings. The summed E-state index contributed by atoms with van der Waals surface area (Å²) in [6, 6.07) is 0. The molecule has 8 aliphatic carbocycles. The normalized spacial score (nSPS) is 46.5. The van der Waals surface area contributed by atoms with Crippen molar-refractivity contribution in [2.45, 2.75) is 144 Å². The lowest BCUT2D eigenvalue weighted by atomic mass is 9.46. The third-order valence-electron chi connectivity index (χ3n) is 17.2. The number of aliphatic hydroxyl groups excluding tert-OH is 2. The van der Waals surface area contributed by atoms with E-state index in [1.165, 1.54) is 17.6 Å². The van der Waals surface area contributed by atoms with E-state index in [2.05, 4.69) is 27.7 Å². The number of carbonyl (C=O) groups is 5. The molecule has 3 N–H and O–H groups in total. The molecule has 14 atom stereocenters. The van der Waals surface area contributed by atoms with Crippen molar-refractivity contribution in [2.75, 3.05) is 6.61 Å². The molecule has 0 heterocycles. The van der Waals surface area contributed by atoms with Crippen LogP contribution in [0.2, 0.25) is 0 Å². The molecular weight excluding hydrogens is 668 g/mol. The topological polar surface area (TPSA) is 146 Å². The summed E-state index contributed by atoms with van der Waals surface area (Å²) in [4.78, 5) is 57.4. The minimum atomic E-state index is -0.833. The molecule has 6 saturated carbocycles. The van der Waals surface area contributed by atoms with Gasteiger partial charge in [0.1, 0.15) is 11.6 Å². The van der Waals surface area contributed by atoms with Crippen LogP contribution in [0, 0.1) is 74.9 Å². The molecule has 8 rings (SSSR count). The second-order valence-corrected chi connectivity index (χ2v) is 19.7. The quantitative estimate of drug-likeness (QED) is 0.267. The van der Waals surface area contributed by atoms with Gasteiger partial charge < -0.3 is 15.3 Å². The van der Waals surface area contributed by atoms with Gasteiger partial charge in [0.25, 0.3) is 5.97 Å². The molecule has 0 bridgehead atoms. The number of aliphatic carboxylic acids is 1. The molecule has 0 saturated heterocycles. The van der Waals surface area contributed by atoms with Crippen LogP contribution in [0.25, 0.3) is 0 Å². The summed E-state index contributed by atoms with van der Waals surface area (Å²) >= 11 is 0. The van der Waals surface area contributed by atoms with E-state index in [0.29, 0.717) is 59.9 Å². The van der Waals surface area contributed by atoms with Gasteiger partial charge in [0.2, 0.25) is 0 Å². The fourth-order valence-electron chi connectivity index (χ4n) is 15.0. The lowest BCUT2D eigenvalue weighted by Gasteiger charge is -2.58. The highest BCUT2D eigenvalue weighted by molar-refractivity contribution is 5.92. The molecule has 0 aromatic rings. The molecule has 0 aromatic carbocycles. The minimum Gasteiger partial charge on any atom is -0.481 e. The van der Waals surface area contributed by atoms with Crippen molar-refractivity contribution in [1.29, 1.82) is 0 Å². The Morgan fingerprint density at radius 2 is 1.06 bits per heavy atom. The lowest BCUT2D eigenvalue weighted by Crippen LogP contribution is -2.51. The molecule has 0 radical (unpaired) electrons. The third-order valence-corrected chi connectivity index (χ3v) is 17.2. The Morgan fingerprint density at radius 3 is 1.47 bits per heavy atom. The molecule has 0 amide bonds. The van der Waals surface area contributed by atoms with Gasteiger partial charge in [-0.1, -0.05) is 38.8 Å². The zero-order valence-electron chi connectivity index (χ0n) is 33.4. The van der Waals surface area contributed by atoms with E-state index in [0.717, 1.165) is 77.6 Å². The van der Waals surface area contributed by atoms with Crippen molar-refractivity contribution in [2.24, 2.45) is 74.9 Å². The van der Waals surface area contributed by atoms with Gasteiger partial charge in [0.15, 0.2) is 11.6 Å². The number of carboxylic acid groups (broad SMARTS) is 1. The number of rotatable bonds is 3. The summed E-state index contributed by atoms with van der Waals surface area (Å²) in [5, 5.41) is 27.9. The summed E-state index contributed by atoms with van der Waals surface area (Å²) in [5.41, 5.74) is 3.15. The molecule has 8 heteroatoms. The summed E-state index contributed by atoms with van der Waals surface area (Å²) in [6.07, 6.45) is 17.4. The average Bonchev–Trinajstić information content (AvgIpc) is 3.54. The molecular formula is C45H66O8. The lowest BCUT2D eigenvalue weighted by molar-refractivity contribution is -0.134. The Kier molecular flexibility index (Phi) is 11.1. The fourth-order valence-corrected chi connectivity index (χ4v) is 15.0. The van der Waals surface area contributed by atoms with Gasteiger partial charge in [-0.3, -0.25) is 24.0 Å². The maximum atomic E-state index is 12.4. The maximum absolute atomic E-state index is 12.4. The van der Waals surface area contributed by atoms with Crippen LogP contribution >= 0.6 is 0 Å². The van der Waals surface area contributed by atoms with E-state index < -0.39 is 12.1 Å². The third kappa shape index (κ3) is 6.68. The van der Waals surface area contributed by atoms with Crippen molar-refractivity contribution >= 4 is 29.1 Å². The van der Waals surface area contributed by atoms with Crippen molar-refractivity contribution in [3.63, 3.8) is 0 Å². The number of Topliss-reactive ketones (excluding diaryl/α,β-unsaturated/α-hetero) is 2. The number of ketones is 4. The van der Waals surface area contributed by atoms with Crippen LogP contribution in [0.4, 0.5) is 0 Å². The van der Waals surface area contributed by atoms with E-state index in [9.17, 15) is 29.4 Å². The fraction of sp³-hybridized carbons (Fsp3) is 0.800. The van der Waals surface area contributed by atoms with Crippen LogP contribution in [0.15, 0.2) is 23.3 Å². The highest BCUT2D eigenvalue weighted by Crippen LogP contribution is 2.69. The SMILES string of the molecule is CC(=O)O.CC(=O)[C@H]1C(CO)C[C@H]2[C@@H]3CCC4=CC(=O)CC[C@]4(C)[C@H]3CC[C@]12C.CC(=O)[C@H]1C(O)C[C@H]2[C@@H]3CCC4=CC(=O)CC[C@]4(C)[C@H]3CC[C@]12C. The zero-order chi connectivity index (χ0) is 38.8. The molecule has 8 nitrogen and oxygen atoms in total. The highest BCUT2D eigenvalue weighted by Gasteiger charge is 2.63. The predicted octanol–water partition coefficient (Wildman–Crippen LogP) is 7.73. The van der Waals surface area contributed by atoms with Crippen LogP contribution in [-0.2, 0) is 24.0 Å². The smallest absolute Gasteiger partial charge is 0.300 e. The summed E-state index contributed by atoms with van der Waals surface area (Å²) in [7, 11) is 0. The molecule has 53 heavy (non-hydrogen) atoms. The van der Waals surface area contributed by atoms with Crippen LogP contribution in [0.3, 0.4) is 0 Å². The first kappa shape index (κ1) is 40.2. The molecule has 294 valence electrons. The molecule has 2 unspecified atom stereocenters. The Hall–Kier alpha value is -2.45. The number of fused-ring (bicyclic) bond motifs is 10. The van der Waals surface area contributed by atoms with Crippen LogP contribution in [0.5, 0.6) is 0 Å². The predicted molar refractivity (Wildman–Crippen MR) is 202 cm³/mol. The number of carbonyl (C=O) groups excluding carboxylic acids is 4. The Morgan fingerprint density at radius 1 is 0.642 bits per heavy atom. The second-order valence-electron chi connectivity index (χ2n) is 19.7. The van der Waals surface area contributed by atoms with Crippen molar-refractivity contribution in [1.82, 2.24) is 0 Å². The minimum absolute atomic E-state index is 0.0288. The van der Waals surface area contributed by atoms with Crippen LogP contribution in [0.1, 0.15) is 138 Å². The number of carboxylic acids is 1. The Labute approximate surface area is 317 Å².